The fraction of sp³-hybridized carbons (Fsp3) is 0.133. The maximum atomic E-state index is 11.3. The molecule has 23 heavy (non-hydrogen) atoms. The summed E-state index contributed by atoms with van der Waals surface area (Å²) >= 11 is 0. The molecule has 3 aromatic heterocycles. The van der Waals surface area contributed by atoms with Crippen molar-refractivity contribution in [1.29, 1.82) is 0 Å². The van der Waals surface area contributed by atoms with E-state index in [0.717, 1.165) is 11.4 Å². The van der Waals surface area contributed by atoms with Crippen molar-refractivity contribution in [2.45, 2.75) is 6.54 Å². The average Bonchev–Trinajstić information content (AvgIpc) is 3.15. The van der Waals surface area contributed by atoms with Crippen LogP contribution in [0.5, 0.6) is 0 Å². The molecule has 8 heteroatoms. The third-order valence-electron chi connectivity index (χ3n) is 3.07. The highest BCUT2D eigenvalue weighted by Gasteiger charge is 2.07. The van der Waals surface area contributed by atoms with Gasteiger partial charge in [-0.25, -0.2) is 24.4 Å². The number of nitrogens with zero attached hydrogens (tertiary/aromatic N) is 5. The number of pyridine rings is 1. The fourth-order valence-electron chi connectivity index (χ4n) is 1.92. The van der Waals surface area contributed by atoms with Crippen molar-refractivity contribution in [2.75, 3.05) is 12.4 Å². The molecule has 0 aliphatic carbocycles. The molecule has 1 N–H and O–H groups in total. The summed E-state index contributed by atoms with van der Waals surface area (Å²) in [6.45, 7) is 0.545. The summed E-state index contributed by atoms with van der Waals surface area (Å²) in [5.41, 5.74) is 1.19. The van der Waals surface area contributed by atoms with Gasteiger partial charge in [0.05, 0.1) is 19.5 Å². The van der Waals surface area contributed by atoms with Gasteiger partial charge in [0.15, 0.2) is 11.5 Å². The normalized spacial score (nSPS) is 10.3. The molecule has 116 valence electrons. The predicted molar refractivity (Wildman–Crippen MR) is 82.1 cm³/mol. The van der Waals surface area contributed by atoms with Crippen LogP contribution in [0.4, 0.5) is 5.82 Å². The SMILES string of the molecule is COC(=O)c1cnc(NCc2ccnc(-n3cccn3)c2)cn1. The van der Waals surface area contributed by atoms with Gasteiger partial charge in [-0.1, -0.05) is 0 Å². The summed E-state index contributed by atoms with van der Waals surface area (Å²) in [6.07, 6.45) is 8.11. The van der Waals surface area contributed by atoms with E-state index in [4.69, 9.17) is 0 Å². The summed E-state index contributed by atoms with van der Waals surface area (Å²) < 4.78 is 6.27. The van der Waals surface area contributed by atoms with Gasteiger partial charge in [-0.05, 0) is 23.8 Å². The zero-order valence-corrected chi connectivity index (χ0v) is 12.4. The molecule has 0 aliphatic heterocycles. The number of aromatic nitrogens is 5. The molecule has 0 bridgehead atoms. The van der Waals surface area contributed by atoms with Gasteiger partial charge in [0, 0.05) is 25.1 Å². The van der Waals surface area contributed by atoms with E-state index in [-0.39, 0.29) is 5.69 Å². The lowest BCUT2D eigenvalue weighted by atomic mass is 10.2. The molecule has 0 radical (unpaired) electrons. The molecule has 3 heterocycles. The highest BCUT2D eigenvalue weighted by Crippen LogP contribution is 2.09. The molecule has 0 aliphatic rings. The number of hydrogen-bond donors (Lipinski definition) is 1. The third kappa shape index (κ3) is 3.49. The maximum Gasteiger partial charge on any atom is 0.358 e. The van der Waals surface area contributed by atoms with Crippen LogP contribution in [-0.2, 0) is 11.3 Å². The smallest absolute Gasteiger partial charge is 0.358 e. The van der Waals surface area contributed by atoms with Crippen LogP contribution in [0, 0.1) is 0 Å². The highest BCUT2D eigenvalue weighted by atomic mass is 16.5. The Hall–Kier alpha value is -3.29. The zero-order valence-electron chi connectivity index (χ0n) is 12.4. The monoisotopic (exact) mass is 310 g/mol. The number of carbonyl (C=O) groups excluding carboxylic acids is 1. The fourth-order valence-corrected chi connectivity index (χ4v) is 1.92. The van der Waals surface area contributed by atoms with Gasteiger partial charge in [0.1, 0.15) is 5.82 Å². The van der Waals surface area contributed by atoms with Crippen LogP contribution in [0.15, 0.2) is 49.2 Å². The minimum absolute atomic E-state index is 0.169. The van der Waals surface area contributed by atoms with Gasteiger partial charge in [-0.3, -0.25) is 0 Å². The molecule has 0 amide bonds. The van der Waals surface area contributed by atoms with E-state index in [1.165, 1.54) is 19.5 Å². The summed E-state index contributed by atoms with van der Waals surface area (Å²) in [4.78, 5) is 23.7. The second kappa shape index (κ2) is 6.65. The summed E-state index contributed by atoms with van der Waals surface area (Å²) in [7, 11) is 1.30. The maximum absolute atomic E-state index is 11.3. The molecular weight excluding hydrogens is 296 g/mol. The van der Waals surface area contributed by atoms with Gasteiger partial charge >= 0.3 is 5.97 Å². The molecule has 3 rings (SSSR count). The molecular formula is C15H14N6O2. The lowest BCUT2D eigenvalue weighted by Gasteiger charge is -2.07. The van der Waals surface area contributed by atoms with E-state index in [2.05, 4.69) is 30.1 Å². The largest absolute Gasteiger partial charge is 0.464 e. The number of anilines is 1. The molecule has 0 fully saturated rings. The lowest BCUT2D eigenvalue weighted by molar-refractivity contribution is 0.0593. The van der Waals surface area contributed by atoms with E-state index >= 15 is 0 Å². The number of hydrogen-bond acceptors (Lipinski definition) is 7. The Kier molecular flexibility index (Phi) is 4.23. The van der Waals surface area contributed by atoms with Crippen LogP contribution in [0.1, 0.15) is 16.1 Å². The summed E-state index contributed by atoms with van der Waals surface area (Å²) in [5.74, 6) is 0.790. The van der Waals surface area contributed by atoms with Crippen LogP contribution in [0.25, 0.3) is 5.82 Å². The number of esters is 1. The van der Waals surface area contributed by atoms with Gasteiger partial charge in [0.25, 0.3) is 0 Å². The first-order chi connectivity index (χ1) is 11.3. The Morgan fingerprint density at radius 3 is 2.87 bits per heavy atom. The lowest BCUT2D eigenvalue weighted by Crippen LogP contribution is -2.08. The Morgan fingerprint density at radius 2 is 2.17 bits per heavy atom. The standard InChI is InChI=1S/C15H14N6O2/c1-23-15(22)12-9-19-13(10-17-12)18-8-11-3-5-16-14(7-11)21-6-2-4-20-21/h2-7,9-10H,8H2,1H3,(H,18,19). The molecule has 0 saturated carbocycles. The van der Waals surface area contributed by atoms with E-state index < -0.39 is 5.97 Å². The Bertz CT molecular complexity index is 786. The van der Waals surface area contributed by atoms with E-state index in [1.807, 2.05) is 24.4 Å². The highest BCUT2D eigenvalue weighted by molar-refractivity contribution is 5.86. The van der Waals surface area contributed by atoms with Gasteiger partial charge in [-0.15, -0.1) is 0 Å². The number of ether oxygens (including phenoxy) is 1. The van der Waals surface area contributed by atoms with Crippen molar-refractivity contribution < 1.29 is 9.53 Å². The zero-order chi connectivity index (χ0) is 16.1. The van der Waals surface area contributed by atoms with Crippen LogP contribution >= 0.6 is 0 Å². The van der Waals surface area contributed by atoms with E-state index in [0.29, 0.717) is 12.4 Å². The predicted octanol–water partition coefficient (Wildman–Crippen LogP) is 1.46. The Labute approximate surface area is 132 Å². The van der Waals surface area contributed by atoms with Crippen molar-refractivity contribution in [3.05, 3.63) is 60.4 Å². The number of nitrogens with one attached hydrogen (secondary N) is 1. The average molecular weight is 310 g/mol. The molecule has 0 saturated heterocycles. The van der Waals surface area contributed by atoms with Gasteiger partial charge in [-0.2, -0.15) is 5.10 Å². The first-order valence-corrected chi connectivity index (χ1v) is 6.85. The van der Waals surface area contributed by atoms with Crippen molar-refractivity contribution in [3.63, 3.8) is 0 Å². The summed E-state index contributed by atoms with van der Waals surface area (Å²) in [5, 5.41) is 7.28. The number of methoxy groups -OCH3 is 1. The Morgan fingerprint density at radius 1 is 1.26 bits per heavy atom. The molecule has 8 nitrogen and oxygen atoms in total. The summed E-state index contributed by atoms with van der Waals surface area (Å²) in [6, 6.07) is 5.66. The first-order valence-electron chi connectivity index (χ1n) is 6.85. The molecule has 3 aromatic rings. The second-order valence-corrected chi connectivity index (χ2v) is 4.60. The number of carbonyl (C=O) groups is 1. The van der Waals surface area contributed by atoms with Gasteiger partial charge < -0.3 is 10.1 Å². The first kappa shape index (κ1) is 14.6. The molecule has 0 atom stereocenters. The molecule has 0 aromatic carbocycles. The van der Waals surface area contributed by atoms with Gasteiger partial charge in [0.2, 0.25) is 0 Å². The molecule has 0 spiro atoms. The minimum atomic E-state index is -0.512. The second-order valence-electron chi connectivity index (χ2n) is 4.60. The van der Waals surface area contributed by atoms with Crippen LogP contribution in [-0.4, -0.2) is 37.8 Å². The third-order valence-corrected chi connectivity index (χ3v) is 3.07. The molecule has 0 unspecified atom stereocenters. The van der Waals surface area contributed by atoms with E-state index in [1.54, 1.807) is 17.1 Å². The van der Waals surface area contributed by atoms with Crippen molar-refractivity contribution in [3.8, 4) is 5.82 Å². The number of rotatable bonds is 5. The minimum Gasteiger partial charge on any atom is -0.464 e. The van der Waals surface area contributed by atoms with Crippen LogP contribution in [0.3, 0.4) is 0 Å². The van der Waals surface area contributed by atoms with Crippen molar-refractivity contribution in [1.82, 2.24) is 24.7 Å². The van der Waals surface area contributed by atoms with Crippen LogP contribution < -0.4 is 5.32 Å². The topological polar surface area (TPSA) is 94.8 Å². The quantitative estimate of drug-likeness (QED) is 0.713. The van der Waals surface area contributed by atoms with Crippen molar-refractivity contribution in [2.24, 2.45) is 0 Å². The van der Waals surface area contributed by atoms with Crippen molar-refractivity contribution >= 4 is 11.8 Å². The Balaban J connectivity index is 1.66. The van der Waals surface area contributed by atoms with Crippen LogP contribution in [0.2, 0.25) is 0 Å². The van der Waals surface area contributed by atoms with E-state index in [9.17, 15) is 4.79 Å².